The van der Waals surface area contributed by atoms with Crippen LogP contribution >= 0.6 is 23.1 Å². The number of aromatic nitrogens is 2. The van der Waals surface area contributed by atoms with Crippen molar-refractivity contribution in [3.05, 3.63) is 5.82 Å². The van der Waals surface area contributed by atoms with Crippen molar-refractivity contribution >= 4 is 28.3 Å². The summed E-state index contributed by atoms with van der Waals surface area (Å²) in [5.41, 5.74) is 0.207. The van der Waals surface area contributed by atoms with Gasteiger partial charge < -0.3 is 5.32 Å². The molecule has 1 N–H and O–H groups in total. The molecule has 0 fully saturated rings. The maximum Gasteiger partial charge on any atom is 0.202 e. The summed E-state index contributed by atoms with van der Waals surface area (Å²) in [4.78, 5) is 4.43. The van der Waals surface area contributed by atoms with Crippen molar-refractivity contribution in [3.8, 4) is 0 Å². The van der Waals surface area contributed by atoms with Crippen molar-refractivity contribution in [2.45, 2.75) is 40.0 Å². The minimum absolute atomic E-state index is 0.207. The highest BCUT2D eigenvalue weighted by atomic mass is 35.5. The topological polar surface area (TPSA) is 37.8 Å². The smallest absolute Gasteiger partial charge is 0.202 e. The summed E-state index contributed by atoms with van der Waals surface area (Å²) < 4.78 is 4.29. The lowest BCUT2D eigenvalue weighted by molar-refractivity contribution is 0.379. The number of halogens is 1. The number of nitrogens with zero attached hydrogens (tertiary/aromatic N) is 2. The molecule has 1 aromatic heterocycles. The maximum atomic E-state index is 5.76. The number of hydrogen-bond donors (Lipinski definition) is 1. The number of aryl methyl sites for hydroxylation is 1. The molecule has 1 heterocycles. The molecule has 5 heteroatoms. The fourth-order valence-corrected chi connectivity index (χ4v) is 2.43. The van der Waals surface area contributed by atoms with Crippen LogP contribution in [0.1, 0.15) is 39.4 Å². The second-order valence-electron chi connectivity index (χ2n) is 4.72. The molecule has 0 spiro atoms. The van der Waals surface area contributed by atoms with E-state index in [0.29, 0.717) is 5.88 Å². The lowest BCUT2D eigenvalue weighted by Gasteiger charge is -2.23. The van der Waals surface area contributed by atoms with Gasteiger partial charge in [-0.2, -0.15) is 4.37 Å². The van der Waals surface area contributed by atoms with Crippen LogP contribution in [-0.4, -0.2) is 21.8 Å². The average molecular weight is 262 g/mol. The molecule has 0 atom stereocenters. The van der Waals surface area contributed by atoms with Crippen molar-refractivity contribution in [3.63, 3.8) is 0 Å². The summed E-state index contributed by atoms with van der Waals surface area (Å²) >= 11 is 7.20. The molecule has 1 aromatic rings. The summed E-state index contributed by atoms with van der Waals surface area (Å²) in [5.74, 6) is 1.65. The predicted molar refractivity (Wildman–Crippen MR) is 71.5 cm³/mol. The first-order valence-electron chi connectivity index (χ1n) is 5.70. The van der Waals surface area contributed by atoms with Gasteiger partial charge in [-0.05, 0) is 18.3 Å². The zero-order valence-corrected chi connectivity index (χ0v) is 11.8. The highest BCUT2D eigenvalue weighted by Gasteiger charge is 2.17. The quantitative estimate of drug-likeness (QED) is 0.763. The molecule has 0 unspecified atom stereocenters. The molecule has 92 valence electrons. The van der Waals surface area contributed by atoms with Gasteiger partial charge in [-0.3, -0.25) is 0 Å². The summed E-state index contributed by atoms with van der Waals surface area (Å²) in [6.45, 7) is 7.44. The Bertz CT molecular complexity index is 312. The third-order valence-electron chi connectivity index (χ3n) is 2.43. The summed E-state index contributed by atoms with van der Waals surface area (Å²) in [6.07, 6.45) is 3.05. The summed E-state index contributed by atoms with van der Waals surface area (Å²) in [7, 11) is 0. The Hall–Kier alpha value is -0.350. The molecule has 16 heavy (non-hydrogen) atoms. The number of rotatable bonds is 7. The van der Waals surface area contributed by atoms with E-state index in [1.807, 2.05) is 0 Å². The molecule has 3 nitrogen and oxygen atoms in total. The molecular formula is C11H20ClN3S. The molecule has 0 aliphatic heterocycles. The fraction of sp³-hybridized carbons (Fsp3) is 0.818. The van der Waals surface area contributed by atoms with Crippen molar-refractivity contribution < 1.29 is 0 Å². The van der Waals surface area contributed by atoms with E-state index in [1.54, 1.807) is 0 Å². The van der Waals surface area contributed by atoms with Crippen LogP contribution in [0.3, 0.4) is 0 Å². The average Bonchev–Trinajstić information content (AvgIpc) is 2.64. The van der Waals surface area contributed by atoms with Crippen molar-refractivity contribution in [1.29, 1.82) is 0 Å². The lowest BCUT2D eigenvalue weighted by Crippen LogP contribution is -2.23. The maximum absolute atomic E-state index is 5.76. The van der Waals surface area contributed by atoms with Gasteiger partial charge in [0.2, 0.25) is 5.13 Å². The van der Waals surface area contributed by atoms with Gasteiger partial charge in [0.25, 0.3) is 0 Å². The second kappa shape index (κ2) is 6.40. The van der Waals surface area contributed by atoms with Gasteiger partial charge in [0, 0.05) is 30.4 Å². The highest BCUT2D eigenvalue weighted by Crippen LogP contribution is 2.22. The van der Waals surface area contributed by atoms with Crippen LogP contribution in [0.15, 0.2) is 0 Å². The number of nitrogens with one attached hydrogen (secondary N) is 1. The number of alkyl halides is 1. The van der Waals surface area contributed by atoms with Crippen molar-refractivity contribution in [1.82, 2.24) is 9.36 Å². The van der Waals surface area contributed by atoms with Crippen LogP contribution in [-0.2, 0) is 6.42 Å². The zero-order chi connectivity index (χ0) is 12.0. The Balaban J connectivity index is 2.41. The standard InChI is InChI=1S/C11H20ClN3S/c1-4-5-9-14-10(16-15-9)13-8-11(2,3)6-7-12/h4-8H2,1-3H3,(H,13,14,15). The van der Waals surface area contributed by atoms with Crippen LogP contribution in [0.25, 0.3) is 0 Å². The Labute approximate surface area is 107 Å². The molecule has 1 rings (SSSR count). The Kier molecular flexibility index (Phi) is 5.49. The van der Waals surface area contributed by atoms with E-state index in [0.717, 1.165) is 36.8 Å². The Morgan fingerprint density at radius 3 is 2.81 bits per heavy atom. The first kappa shape index (κ1) is 13.7. The van der Waals surface area contributed by atoms with Gasteiger partial charge in [0.05, 0.1) is 0 Å². The number of anilines is 1. The van der Waals surface area contributed by atoms with Crippen molar-refractivity contribution in [2.75, 3.05) is 17.7 Å². The Morgan fingerprint density at radius 1 is 1.44 bits per heavy atom. The molecule has 0 saturated heterocycles. The first-order chi connectivity index (χ1) is 7.57. The summed E-state index contributed by atoms with van der Waals surface area (Å²) in [6, 6.07) is 0. The van der Waals surface area contributed by atoms with Gasteiger partial charge in [0.15, 0.2) is 0 Å². The van der Waals surface area contributed by atoms with E-state index in [2.05, 4.69) is 35.4 Å². The van der Waals surface area contributed by atoms with E-state index < -0.39 is 0 Å². The largest absolute Gasteiger partial charge is 0.360 e. The van der Waals surface area contributed by atoms with E-state index in [1.165, 1.54) is 11.5 Å². The predicted octanol–water partition coefficient (Wildman–Crippen LogP) is 3.56. The van der Waals surface area contributed by atoms with Gasteiger partial charge in [-0.25, -0.2) is 4.98 Å². The minimum atomic E-state index is 0.207. The third kappa shape index (κ3) is 4.66. The SMILES string of the molecule is CCCc1nsc(NCC(C)(C)CCCl)n1. The van der Waals surface area contributed by atoms with Crippen LogP contribution in [0.2, 0.25) is 0 Å². The van der Waals surface area contributed by atoms with Gasteiger partial charge in [-0.15, -0.1) is 11.6 Å². The van der Waals surface area contributed by atoms with Crippen LogP contribution in [0, 0.1) is 5.41 Å². The molecule has 0 aliphatic carbocycles. The first-order valence-corrected chi connectivity index (χ1v) is 7.00. The molecule has 0 saturated carbocycles. The molecule has 0 amide bonds. The second-order valence-corrected chi connectivity index (χ2v) is 5.85. The lowest BCUT2D eigenvalue weighted by atomic mass is 9.90. The normalized spacial score (nSPS) is 11.8. The molecule has 0 radical (unpaired) electrons. The van der Waals surface area contributed by atoms with Gasteiger partial charge >= 0.3 is 0 Å². The third-order valence-corrected chi connectivity index (χ3v) is 3.33. The van der Waals surface area contributed by atoms with Crippen molar-refractivity contribution in [2.24, 2.45) is 5.41 Å². The Morgan fingerprint density at radius 2 is 2.19 bits per heavy atom. The van der Waals surface area contributed by atoms with Gasteiger partial charge in [0.1, 0.15) is 5.82 Å². The van der Waals surface area contributed by atoms with E-state index in [-0.39, 0.29) is 5.41 Å². The zero-order valence-electron chi connectivity index (χ0n) is 10.2. The van der Waals surface area contributed by atoms with E-state index in [9.17, 15) is 0 Å². The van der Waals surface area contributed by atoms with Crippen LogP contribution in [0.5, 0.6) is 0 Å². The molecular weight excluding hydrogens is 242 g/mol. The molecule has 0 bridgehead atoms. The number of hydrogen-bond acceptors (Lipinski definition) is 4. The molecule has 0 aromatic carbocycles. The van der Waals surface area contributed by atoms with Crippen LogP contribution in [0.4, 0.5) is 5.13 Å². The highest BCUT2D eigenvalue weighted by molar-refractivity contribution is 7.09. The van der Waals surface area contributed by atoms with E-state index >= 15 is 0 Å². The van der Waals surface area contributed by atoms with E-state index in [4.69, 9.17) is 11.6 Å². The fourth-order valence-electron chi connectivity index (χ4n) is 1.31. The van der Waals surface area contributed by atoms with Gasteiger partial charge in [-0.1, -0.05) is 20.8 Å². The minimum Gasteiger partial charge on any atom is -0.360 e. The van der Waals surface area contributed by atoms with Crippen LogP contribution < -0.4 is 5.32 Å². The summed E-state index contributed by atoms with van der Waals surface area (Å²) in [5, 5.41) is 4.26. The molecule has 0 aliphatic rings. The monoisotopic (exact) mass is 261 g/mol.